The third-order valence-electron chi connectivity index (χ3n) is 3.26. The number of carbonyl (C=O) groups is 1. The molecular formula is C17H11N3O4S. The van der Waals surface area contributed by atoms with E-state index in [1.807, 2.05) is 30.3 Å². The van der Waals surface area contributed by atoms with Gasteiger partial charge in [0.05, 0.1) is 6.26 Å². The van der Waals surface area contributed by atoms with E-state index in [1.165, 1.54) is 11.3 Å². The van der Waals surface area contributed by atoms with E-state index in [4.69, 9.17) is 13.6 Å². The Labute approximate surface area is 145 Å². The molecule has 0 aliphatic heterocycles. The molecule has 0 saturated heterocycles. The number of benzene rings is 1. The van der Waals surface area contributed by atoms with Gasteiger partial charge in [-0.3, -0.25) is 0 Å². The molecule has 0 bridgehead atoms. The summed E-state index contributed by atoms with van der Waals surface area (Å²) in [4.78, 5) is 16.3. The Kier molecular flexibility index (Phi) is 4.09. The smallest absolute Gasteiger partial charge is 0.358 e. The predicted octanol–water partition coefficient (Wildman–Crippen LogP) is 3.81. The van der Waals surface area contributed by atoms with Crippen LogP contribution in [0.25, 0.3) is 22.2 Å². The number of esters is 1. The van der Waals surface area contributed by atoms with Gasteiger partial charge in [0.2, 0.25) is 5.89 Å². The van der Waals surface area contributed by atoms with Gasteiger partial charge in [0.25, 0.3) is 5.89 Å². The Balaban J connectivity index is 1.40. The summed E-state index contributed by atoms with van der Waals surface area (Å²) in [5, 5.41) is 10.0. The Morgan fingerprint density at radius 3 is 2.80 bits per heavy atom. The minimum Gasteiger partial charge on any atom is -0.462 e. The number of rotatable bonds is 5. The van der Waals surface area contributed by atoms with Gasteiger partial charge < -0.3 is 13.6 Å². The van der Waals surface area contributed by atoms with Crippen LogP contribution in [0.2, 0.25) is 0 Å². The normalized spacial score (nSPS) is 10.7. The van der Waals surface area contributed by atoms with Gasteiger partial charge >= 0.3 is 5.97 Å². The lowest BCUT2D eigenvalue weighted by atomic mass is 10.2. The zero-order chi connectivity index (χ0) is 17.1. The minimum atomic E-state index is -0.562. The number of nitrogens with zero attached hydrogens (tertiary/aromatic N) is 3. The van der Waals surface area contributed by atoms with Crippen LogP contribution in [0.15, 0.2) is 62.9 Å². The lowest BCUT2D eigenvalue weighted by Gasteiger charge is -1.98. The standard InChI is InChI=1S/C17H11N3O4S/c21-17(12-10-25-16(18-12)13-7-4-8-22-13)23-9-14-19-20-15(24-14)11-5-2-1-3-6-11/h1-8,10H,9H2. The highest BCUT2D eigenvalue weighted by Crippen LogP contribution is 2.24. The number of hydrogen-bond acceptors (Lipinski definition) is 8. The summed E-state index contributed by atoms with van der Waals surface area (Å²) in [6.07, 6.45) is 1.55. The molecule has 124 valence electrons. The van der Waals surface area contributed by atoms with E-state index >= 15 is 0 Å². The largest absolute Gasteiger partial charge is 0.462 e. The van der Waals surface area contributed by atoms with E-state index in [2.05, 4.69) is 15.2 Å². The van der Waals surface area contributed by atoms with Gasteiger partial charge in [0, 0.05) is 10.9 Å². The molecule has 8 heteroatoms. The molecule has 0 aliphatic rings. The molecule has 25 heavy (non-hydrogen) atoms. The lowest BCUT2D eigenvalue weighted by Crippen LogP contribution is -2.05. The fourth-order valence-electron chi connectivity index (χ4n) is 2.09. The number of carbonyl (C=O) groups excluding carboxylic acids is 1. The summed E-state index contributed by atoms with van der Waals surface area (Å²) in [7, 11) is 0. The van der Waals surface area contributed by atoms with Crippen molar-refractivity contribution in [3.63, 3.8) is 0 Å². The van der Waals surface area contributed by atoms with Crippen molar-refractivity contribution in [2.24, 2.45) is 0 Å². The summed E-state index contributed by atoms with van der Waals surface area (Å²) in [5.74, 6) is 0.635. The first-order valence-corrected chi connectivity index (χ1v) is 8.22. The quantitative estimate of drug-likeness (QED) is 0.504. The van der Waals surface area contributed by atoms with Crippen LogP contribution in [-0.2, 0) is 11.3 Å². The molecular weight excluding hydrogens is 342 g/mol. The fourth-order valence-corrected chi connectivity index (χ4v) is 2.85. The zero-order valence-electron chi connectivity index (χ0n) is 12.8. The molecule has 0 spiro atoms. The average molecular weight is 353 g/mol. The van der Waals surface area contributed by atoms with Gasteiger partial charge in [-0.05, 0) is 24.3 Å². The molecule has 0 N–H and O–H groups in total. The van der Waals surface area contributed by atoms with Gasteiger partial charge in [0.1, 0.15) is 0 Å². The van der Waals surface area contributed by atoms with E-state index in [9.17, 15) is 4.79 Å². The zero-order valence-corrected chi connectivity index (χ0v) is 13.6. The summed E-state index contributed by atoms with van der Waals surface area (Å²) in [5.41, 5.74) is 1.01. The molecule has 0 atom stereocenters. The topological polar surface area (TPSA) is 91.2 Å². The maximum Gasteiger partial charge on any atom is 0.358 e. The van der Waals surface area contributed by atoms with E-state index in [0.717, 1.165) is 5.56 Å². The van der Waals surface area contributed by atoms with Gasteiger partial charge in [-0.15, -0.1) is 21.5 Å². The van der Waals surface area contributed by atoms with Crippen LogP contribution in [0.4, 0.5) is 0 Å². The van der Waals surface area contributed by atoms with E-state index < -0.39 is 5.97 Å². The number of ether oxygens (including phenoxy) is 1. The van der Waals surface area contributed by atoms with Crippen molar-refractivity contribution in [1.82, 2.24) is 15.2 Å². The molecule has 0 radical (unpaired) electrons. The highest BCUT2D eigenvalue weighted by molar-refractivity contribution is 7.13. The molecule has 7 nitrogen and oxygen atoms in total. The lowest BCUT2D eigenvalue weighted by molar-refractivity contribution is 0.0433. The van der Waals surface area contributed by atoms with Crippen LogP contribution in [-0.4, -0.2) is 21.2 Å². The van der Waals surface area contributed by atoms with Crippen LogP contribution < -0.4 is 0 Å². The van der Waals surface area contributed by atoms with Crippen molar-refractivity contribution in [3.8, 4) is 22.2 Å². The molecule has 0 saturated carbocycles. The fraction of sp³-hybridized carbons (Fsp3) is 0.0588. The van der Waals surface area contributed by atoms with Gasteiger partial charge in [-0.2, -0.15) is 0 Å². The van der Waals surface area contributed by atoms with Crippen molar-refractivity contribution < 1.29 is 18.4 Å². The van der Waals surface area contributed by atoms with E-state index in [0.29, 0.717) is 16.7 Å². The summed E-state index contributed by atoms with van der Waals surface area (Å²) >= 11 is 1.30. The highest BCUT2D eigenvalue weighted by atomic mass is 32.1. The van der Waals surface area contributed by atoms with Crippen molar-refractivity contribution in [1.29, 1.82) is 0 Å². The number of furan rings is 1. The van der Waals surface area contributed by atoms with Gasteiger partial charge in [0.15, 0.2) is 23.1 Å². The summed E-state index contributed by atoms with van der Waals surface area (Å²) in [6.45, 7) is -0.119. The van der Waals surface area contributed by atoms with Crippen molar-refractivity contribution in [2.45, 2.75) is 6.61 Å². The molecule has 1 aromatic carbocycles. The molecule has 3 heterocycles. The number of thiazole rings is 1. The Bertz CT molecular complexity index is 976. The first-order valence-electron chi connectivity index (χ1n) is 7.34. The molecule has 0 fully saturated rings. The molecule has 3 aromatic heterocycles. The molecule has 4 rings (SSSR count). The second-order valence-electron chi connectivity index (χ2n) is 4.96. The molecule has 4 aromatic rings. The van der Waals surface area contributed by atoms with Crippen LogP contribution in [0.1, 0.15) is 16.4 Å². The first-order chi connectivity index (χ1) is 12.3. The predicted molar refractivity (Wildman–Crippen MR) is 88.7 cm³/mol. The molecule has 0 aliphatic carbocycles. The Morgan fingerprint density at radius 2 is 2.00 bits per heavy atom. The molecule has 0 unspecified atom stereocenters. The highest BCUT2D eigenvalue weighted by Gasteiger charge is 2.16. The van der Waals surface area contributed by atoms with Crippen LogP contribution in [0, 0.1) is 0 Å². The Hall–Kier alpha value is -3.26. The van der Waals surface area contributed by atoms with Crippen LogP contribution in [0.5, 0.6) is 0 Å². The van der Waals surface area contributed by atoms with E-state index in [-0.39, 0.29) is 18.2 Å². The van der Waals surface area contributed by atoms with Crippen molar-refractivity contribution >= 4 is 17.3 Å². The third-order valence-corrected chi connectivity index (χ3v) is 4.12. The second-order valence-corrected chi connectivity index (χ2v) is 5.82. The maximum atomic E-state index is 12.1. The molecule has 0 amide bonds. The number of hydrogen-bond donors (Lipinski definition) is 0. The SMILES string of the molecule is O=C(OCc1nnc(-c2ccccc2)o1)c1csc(-c2ccco2)n1. The van der Waals surface area contributed by atoms with E-state index in [1.54, 1.807) is 23.8 Å². The number of aromatic nitrogens is 3. The monoisotopic (exact) mass is 353 g/mol. The van der Waals surface area contributed by atoms with Gasteiger partial charge in [-0.25, -0.2) is 9.78 Å². The van der Waals surface area contributed by atoms with Gasteiger partial charge in [-0.1, -0.05) is 18.2 Å². The maximum absolute atomic E-state index is 12.1. The third kappa shape index (κ3) is 3.33. The minimum absolute atomic E-state index is 0.119. The average Bonchev–Trinajstić information content (AvgIpc) is 3.41. The van der Waals surface area contributed by atoms with Crippen LogP contribution in [0.3, 0.4) is 0 Å². The van der Waals surface area contributed by atoms with Crippen LogP contribution >= 0.6 is 11.3 Å². The second kappa shape index (κ2) is 6.70. The van der Waals surface area contributed by atoms with Crippen molar-refractivity contribution in [2.75, 3.05) is 0 Å². The summed E-state index contributed by atoms with van der Waals surface area (Å²) in [6, 6.07) is 12.9. The Morgan fingerprint density at radius 1 is 1.12 bits per heavy atom. The summed E-state index contributed by atoms with van der Waals surface area (Å²) < 4.78 is 15.9. The first kappa shape index (κ1) is 15.3. The van der Waals surface area contributed by atoms with Crippen molar-refractivity contribution in [3.05, 3.63) is 65.7 Å².